The molecule has 4 nitrogen and oxygen atoms in total. The molecule has 3 aromatic rings. The van der Waals surface area contributed by atoms with E-state index in [4.69, 9.17) is 22.1 Å². The maximum Gasteiger partial charge on any atom is 0.416 e. The van der Waals surface area contributed by atoms with Crippen LogP contribution in [-0.2, 0) is 12.1 Å². The van der Waals surface area contributed by atoms with Gasteiger partial charge in [0, 0.05) is 5.39 Å². The van der Waals surface area contributed by atoms with Crippen LogP contribution in [0.25, 0.3) is 10.1 Å². The molecule has 0 unspecified atom stereocenters. The van der Waals surface area contributed by atoms with Gasteiger partial charge in [-0.25, -0.2) is 0 Å². The average Bonchev–Trinajstić information content (AvgIpc) is 3.01. The molecule has 3 rings (SSSR count). The fourth-order valence-electron chi connectivity index (χ4n) is 2.19. The molecule has 2 aromatic heterocycles. The van der Waals surface area contributed by atoms with E-state index < -0.39 is 17.6 Å². The molecule has 9 heteroatoms. The molecule has 1 aromatic carbocycles. The number of amides is 1. The molecule has 0 atom stereocenters. The number of aromatic nitrogens is 1. The summed E-state index contributed by atoms with van der Waals surface area (Å²) in [6, 6.07) is 5.83. The van der Waals surface area contributed by atoms with Crippen LogP contribution in [0.15, 0.2) is 36.5 Å². The van der Waals surface area contributed by atoms with Gasteiger partial charge in [0.2, 0.25) is 0 Å². The number of carbonyl (C=O) groups is 1. The number of alkyl halides is 4. The molecular formula is C16H10ClF3N2O2S. The summed E-state index contributed by atoms with van der Waals surface area (Å²) in [5.74, 6) is 0.0478. The summed E-state index contributed by atoms with van der Waals surface area (Å²) < 4.78 is 44.1. The summed E-state index contributed by atoms with van der Waals surface area (Å²) >= 11 is 6.98. The normalized spacial score (nSPS) is 11.7. The third-order valence-corrected chi connectivity index (χ3v) is 4.83. The van der Waals surface area contributed by atoms with Crippen molar-refractivity contribution in [1.82, 2.24) is 4.98 Å². The van der Waals surface area contributed by atoms with Crippen LogP contribution in [-0.4, -0.2) is 10.9 Å². The molecule has 2 N–H and O–H groups in total. The number of fused-ring (bicyclic) bond motifs is 1. The molecule has 25 heavy (non-hydrogen) atoms. The van der Waals surface area contributed by atoms with Gasteiger partial charge in [0.25, 0.3) is 5.91 Å². The Balaban J connectivity index is 2.00. The molecule has 0 radical (unpaired) electrons. The summed E-state index contributed by atoms with van der Waals surface area (Å²) in [4.78, 5) is 15.9. The molecule has 2 heterocycles. The van der Waals surface area contributed by atoms with Crippen molar-refractivity contribution in [2.45, 2.75) is 12.1 Å². The highest BCUT2D eigenvalue weighted by Crippen LogP contribution is 2.37. The minimum atomic E-state index is -4.42. The summed E-state index contributed by atoms with van der Waals surface area (Å²) in [7, 11) is 0. The van der Waals surface area contributed by atoms with Crippen molar-refractivity contribution in [3.63, 3.8) is 0 Å². The average molecular weight is 387 g/mol. The van der Waals surface area contributed by atoms with E-state index in [0.29, 0.717) is 26.4 Å². The molecule has 0 spiro atoms. The van der Waals surface area contributed by atoms with Crippen LogP contribution in [0.1, 0.15) is 20.9 Å². The maximum absolute atomic E-state index is 12.6. The van der Waals surface area contributed by atoms with E-state index in [1.165, 1.54) is 18.3 Å². The minimum Gasteiger partial charge on any atom is -0.455 e. The van der Waals surface area contributed by atoms with E-state index in [-0.39, 0.29) is 11.6 Å². The zero-order valence-electron chi connectivity index (χ0n) is 12.4. The highest BCUT2D eigenvalue weighted by Gasteiger charge is 2.30. The van der Waals surface area contributed by atoms with Crippen LogP contribution in [0.3, 0.4) is 0 Å². The number of carbonyl (C=O) groups excluding carboxylic acids is 1. The van der Waals surface area contributed by atoms with Gasteiger partial charge in [0.05, 0.1) is 32.9 Å². The highest BCUT2D eigenvalue weighted by atomic mass is 35.5. The summed E-state index contributed by atoms with van der Waals surface area (Å²) in [6.45, 7) is 0. The first-order valence-electron chi connectivity index (χ1n) is 6.92. The first-order chi connectivity index (χ1) is 11.8. The summed E-state index contributed by atoms with van der Waals surface area (Å²) in [5, 5.41) is 0.573. The number of rotatable bonds is 4. The maximum atomic E-state index is 12.6. The predicted molar refractivity (Wildman–Crippen MR) is 89.2 cm³/mol. The zero-order chi connectivity index (χ0) is 18.2. The molecule has 0 aliphatic heterocycles. The molecule has 0 saturated heterocycles. The second kappa shape index (κ2) is 6.53. The number of thiophene rings is 1. The number of primary amides is 1. The second-order valence-electron chi connectivity index (χ2n) is 5.04. The van der Waals surface area contributed by atoms with Crippen LogP contribution in [0.5, 0.6) is 11.5 Å². The molecule has 130 valence electrons. The van der Waals surface area contributed by atoms with Crippen molar-refractivity contribution in [3.8, 4) is 11.5 Å². The number of ether oxygens (including phenoxy) is 1. The van der Waals surface area contributed by atoms with E-state index in [2.05, 4.69) is 4.98 Å². The monoisotopic (exact) mass is 386 g/mol. The molecular weight excluding hydrogens is 377 g/mol. The van der Waals surface area contributed by atoms with Crippen molar-refractivity contribution in [1.29, 1.82) is 0 Å². The van der Waals surface area contributed by atoms with Crippen molar-refractivity contribution in [3.05, 3.63) is 52.7 Å². The zero-order valence-corrected chi connectivity index (χ0v) is 14.0. The van der Waals surface area contributed by atoms with Crippen LogP contribution in [0, 0.1) is 0 Å². The molecule has 0 aliphatic carbocycles. The number of nitrogens with two attached hydrogens (primary N) is 1. The van der Waals surface area contributed by atoms with Crippen LogP contribution < -0.4 is 10.5 Å². The Morgan fingerprint density at radius 1 is 1.28 bits per heavy atom. The quantitative estimate of drug-likeness (QED) is 0.645. The standard InChI is InChI=1S/C16H10ClF3N2O2S/c17-6-11-14-10(5-13(25-14)15(21)23)12(7-22-11)24-9-3-1-8(2-4-9)16(18,19)20/h1-5,7H,6H2,(H2,21,23). The van der Waals surface area contributed by atoms with Gasteiger partial charge in [-0.3, -0.25) is 9.78 Å². The van der Waals surface area contributed by atoms with E-state index >= 15 is 0 Å². The number of pyridine rings is 1. The fourth-order valence-corrected chi connectivity index (χ4v) is 3.48. The minimum absolute atomic E-state index is 0.135. The van der Waals surface area contributed by atoms with Gasteiger partial charge in [-0.2, -0.15) is 13.2 Å². The number of halogens is 4. The van der Waals surface area contributed by atoms with E-state index in [0.717, 1.165) is 23.5 Å². The number of nitrogens with zero attached hydrogens (tertiary/aromatic N) is 1. The first kappa shape index (κ1) is 17.5. The Morgan fingerprint density at radius 3 is 2.52 bits per heavy atom. The van der Waals surface area contributed by atoms with Gasteiger partial charge in [-0.1, -0.05) is 0 Å². The Labute approximate surface area is 149 Å². The van der Waals surface area contributed by atoms with Crippen molar-refractivity contribution >= 4 is 38.9 Å². The molecule has 0 aliphatic rings. The van der Waals surface area contributed by atoms with Gasteiger partial charge in [-0.05, 0) is 30.3 Å². The van der Waals surface area contributed by atoms with Gasteiger partial charge in [0.15, 0.2) is 5.75 Å². The fraction of sp³-hybridized carbons (Fsp3) is 0.125. The number of hydrogen-bond acceptors (Lipinski definition) is 4. The van der Waals surface area contributed by atoms with Crippen molar-refractivity contribution in [2.75, 3.05) is 0 Å². The smallest absolute Gasteiger partial charge is 0.416 e. The topological polar surface area (TPSA) is 65.2 Å². The molecule has 0 fully saturated rings. The number of hydrogen-bond donors (Lipinski definition) is 1. The Kier molecular flexibility index (Phi) is 4.57. The van der Waals surface area contributed by atoms with Crippen LogP contribution >= 0.6 is 22.9 Å². The predicted octanol–water partition coefficient (Wildman–Crippen LogP) is 4.95. The van der Waals surface area contributed by atoms with Gasteiger partial charge in [0.1, 0.15) is 5.75 Å². The molecule has 0 bridgehead atoms. The van der Waals surface area contributed by atoms with Gasteiger partial charge < -0.3 is 10.5 Å². The lowest BCUT2D eigenvalue weighted by atomic mass is 10.2. The largest absolute Gasteiger partial charge is 0.455 e. The van der Waals surface area contributed by atoms with Crippen molar-refractivity contribution in [2.24, 2.45) is 5.73 Å². The summed E-state index contributed by atoms with van der Waals surface area (Å²) in [6.07, 6.45) is -3.01. The Bertz CT molecular complexity index is 939. The van der Waals surface area contributed by atoms with E-state index in [1.54, 1.807) is 6.07 Å². The SMILES string of the molecule is NC(=O)c1cc2c(Oc3ccc(C(F)(F)F)cc3)cnc(CCl)c2s1. The lowest BCUT2D eigenvalue weighted by Gasteiger charge is -2.10. The lowest BCUT2D eigenvalue weighted by molar-refractivity contribution is -0.137. The third-order valence-electron chi connectivity index (χ3n) is 3.38. The second-order valence-corrected chi connectivity index (χ2v) is 6.36. The van der Waals surface area contributed by atoms with E-state index in [9.17, 15) is 18.0 Å². The number of benzene rings is 1. The van der Waals surface area contributed by atoms with Crippen LogP contribution in [0.2, 0.25) is 0 Å². The van der Waals surface area contributed by atoms with Crippen molar-refractivity contribution < 1.29 is 22.7 Å². The Hall–Kier alpha value is -2.32. The van der Waals surface area contributed by atoms with Gasteiger partial charge >= 0.3 is 6.18 Å². The highest BCUT2D eigenvalue weighted by molar-refractivity contribution is 7.21. The van der Waals surface area contributed by atoms with Crippen LogP contribution in [0.4, 0.5) is 13.2 Å². The third kappa shape index (κ3) is 3.54. The summed E-state index contributed by atoms with van der Waals surface area (Å²) in [5.41, 5.74) is 5.09. The molecule has 1 amide bonds. The van der Waals surface area contributed by atoms with E-state index in [1.807, 2.05) is 0 Å². The first-order valence-corrected chi connectivity index (χ1v) is 8.27. The Morgan fingerprint density at radius 2 is 1.96 bits per heavy atom. The lowest BCUT2D eigenvalue weighted by Crippen LogP contribution is -2.08. The van der Waals surface area contributed by atoms with Gasteiger partial charge in [-0.15, -0.1) is 22.9 Å². The molecule has 0 saturated carbocycles.